The number of amides is 4. The minimum atomic E-state index is -0.165. The van der Waals surface area contributed by atoms with E-state index in [2.05, 4.69) is 70.9 Å². The van der Waals surface area contributed by atoms with Crippen molar-refractivity contribution < 1.29 is 9.59 Å². The third-order valence-corrected chi connectivity index (χ3v) is 10.5. The van der Waals surface area contributed by atoms with Gasteiger partial charge in [0.1, 0.15) is 0 Å². The number of carbonyl (C=O) groups excluding carboxylic acids is 2. The van der Waals surface area contributed by atoms with Crippen LogP contribution in [-0.2, 0) is 6.42 Å². The first-order valence-corrected chi connectivity index (χ1v) is 22.7. The van der Waals surface area contributed by atoms with Gasteiger partial charge in [-0.05, 0) is 93.7 Å². The molecule has 0 radical (unpaired) electrons. The number of carbonyl (C=O) groups is 2. The van der Waals surface area contributed by atoms with Gasteiger partial charge in [-0.3, -0.25) is 0 Å². The maximum Gasteiger partial charge on any atom is 0.319 e. The zero-order valence-electron chi connectivity index (χ0n) is 35.8. The van der Waals surface area contributed by atoms with Gasteiger partial charge in [-0.25, -0.2) is 9.59 Å². The van der Waals surface area contributed by atoms with Crippen LogP contribution in [0.15, 0.2) is 48.5 Å². The molecule has 2 rings (SSSR count). The molecule has 0 aromatic heterocycles. The molecule has 0 saturated heterocycles. The monoisotopic (exact) mass is 763 g/mol. The molecule has 0 saturated carbocycles. The highest BCUT2D eigenvalue weighted by Gasteiger charge is 2.10. The highest BCUT2D eigenvalue weighted by molar-refractivity contribution is 5.90. The Morgan fingerprint density at radius 3 is 1.13 bits per heavy atom. The van der Waals surface area contributed by atoms with Gasteiger partial charge in [-0.1, -0.05) is 155 Å². The fourth-order valence-electron chi connectivity index (χ4n) is 7.19. The van der Waals surface area contributed by atoms with Crippen LogP contribution in [-0.4, -0.2) is 74.2 Å². The Hall–Kier alpha value is -3.10. The average Bonchev–Trinajstić information content (AvgIpc) is 3.17. The smallest absolute Gasteiger partial charge is 0.319 e. The fraction of sp³-hybridized carbons (Fsp3) is 0.702. The third-order valence-electron chi connectivity index (χ3n) is 10.5. The van der Waals surface area contributed by atoms with Crippen molar-refractivity contribution >= 4 is 23.4 Å². The quantitative estimate of drug-likeness (QED) is 0.0535. The van der Waals surface area contributed by atoms with E-state index in [0.717, 1.165) is 61.8 Å². The van der Waals surface area contributed by atoms with Crippen molar-refractivity contribution in [2.75, 3.05) is 63.0 Å². The van der Waals surface area contributed by atoms with Crippen molar-refractivity contribution in [3.63, 3.8) is 0 Å². The molecular weight excluding hydrogens is 681 g/mol. The lowest BCUT2D eigenvalue weighted by Crippen LogP contribution is -2.37. The molecule has 0 fully saturated rings. The summed E-state index contributed by atoms with van der Waals surface area (Å²) in [7, 11) is 0. The second-order valence-electron chi connectivity index (χ2n) is 15.7. The van der Waals surface area contributed by atoms with Crippen LogP contribution in [0.2, 0.25) is 0 Å². The van der Waals surface area contributed by atoms with E-state index in [1.165, 1.54) is 128 Å². The fourth-order valence-corrected chi connectivity index (χ4v) is 7.19. The molecule has 2 aromatic carbocycles. The van der Waals surface area contributed by atoms with Crippen LogP contribution < -0.4 is 21.3 Å². The van der Waals surface area contributed by atoms with Gasteiger partial charge in [0.2, 0.25) is 0 Å². The molecule has 0 spiro atoms. The largest absolute Gasteiger partial charge is 0.337 e. The van der Waals surface area contributed by atoms with Gasteiger partial charge in [0.05, 0.1) is 0 Å². The van der Waals surface area contributed by atoms with Gasteiger partial charge in [-0.15, -0.1) is 0 Å². The summed E-state index contributed by atoms with van der Waals surface area (Å²) in [6, 6.07) is 15.7. The summed E-state index contributed by atoms with van der Waals surface area (Å²) in [5, 5.41) is 12.3. The second-order valence-corrected chi connectivity index (χ2v) is 15.7. The molecule has 8 nitrogen and oxygen atoms in total. The Morgan fingerprint density at radius 1 is 0.436 bits per heavy atom. The maximum atomic E-state index is 12.9. The number of anilines is 2. The maximum absolute atomic E-state index is 12.9. The van der Waals surface area contributed by atoms with Gasteiger partial charge < -0.3 is 31.1 Å². The van der Waals surface area contributed by atoms with Gasteiger partial charge in [-0.2, -0.15) is 0 Å². The summed E-state index contributed by atoms with van der Waals surface area (Å²) >= 11 is 0. The number of benzene rings is 2. The number of nitrogens with one attached hydrogen (secondary N) is 4. The van der Waals surface area contributed by atoms with E-state index < -0.39 is 0 Å². The van der Waals surface area contributed by atoms with Gasteiger partial charge >= 0.3 is 12.1 Å². The molecule has 4 N–H and O–H groups in total. The van der Waals surface area contributed by atoms with Crippen LogP contribution in [0.5, 0.6) is 0 Å². The zero-order valence-corrected chi connectivity index (χ0v) is 35.8. The molecule has 55 heavy (non-hydrogen) atoms. The number of hydrogen-bond donors (Lipinski definition) is 4. The molecule has 4 amide bonds. The molecule has 312 valence electrons. The summed E-state index contributed by atoms with van der Waals surface area (Å²) < 4.78 is 0. The lowest BCUT2D eigenvalue weighted by atomic mass is 10.0. The Labute approximate surface area is 337 Å². The minimum absolute atomic E-state index is 0.165. The Bertz CT molecular complexity index is 1150. The van der Waals surface area contributed by atoms with E-state index in [-0.39, 0.29) is 12.1 Å². The number of nitrogens with zero attached hydrogens (tertiary/aromatic N) is 2. The second kappa shape index (κ2) is 33.1. The molecule has 0 atom stereocenters. The molecule has 0 aliphatic rings. The molecular formula is C47H82N6O2. The van der Waals surface area contributed by atoms with Crippen LogP contribution >= 0.6 is 0 Å². The number of hydrogen-bond acceptors (Lipinski definition) is 4. The first kappa shape index (κ1) is 48.0. The molecule has 0 aliphatic carbocycles. The standard InChI is InChI=1S/C47H82N6O2/c1-5-9-13-17-19-23-35-52(33-21-15-11-7-3)37-31-48-46(54)50-44-29-25-27-42(40-44)39-43-28-26-30-45(41-43)51-47(55)49-32-38-53(34-22-16-12-8-4)36-24-20-18-14-10-6-2/h25-30,40-41H,5-24,31-39H2,1-4H3,(H2,48,50,54)(H2,49,51,55). The van der Waals surface area contributed by atoms with Crippen molar-refractivity contribution in [1.29, 1.82) is 0 Å². The van der Waals surface area contributed by atoms with E-state index in [1.807, 2.05) is 36.4 Å². The van der Waals surface area contributed by atoms with Crippen molar-refractivity contribution in [3.8, 4) is 0 Å². The number of urea groups is 2. The van der Waals surface area contributed by atoms with Crippen LogP contribution in [0.4, 0.5) is 21.0 Å². The predicted octanol–water partition coefficient (Wildman–Crippen LogP) is 12.0. The predicted molar refractivity (Wildman–Crippen MR) is 238 cm³/mol. The van der Waals surface area contributed by atoms with Crippen molar-refractivity contribution in [1.82, 2.24) is 20.4 Å². The summed E-state index contributed by atoms with van der Waals surface area (Å²) in [5.74, 6) is 0. The van der Waals surface area contributed by atoms with Crippen molar-refractivity contribution in [2.24, 2.45) is 0 Å². The third kappa shape index (κ3) is 25.6. The molecule has 2 aromatic rings. The molecule has 0 heterocycles. The highest BCUT2D eigenvalue weighted by Crippen LogP contribution is 2.18. The molecule has 8 heteroatoms. The summed E-state index contributed by atoms with van der Waals surface area (Å²) in [5.41, 5.74) is 3.76. The first-order chi connectivity index (χ1) is 27.0. The molecule has 0 aliphatic heterocycles. The van der Waals surface area contributed by atoms with Crippen molar-refractivity contribution in [3.05, 3.63) is 59.7 Å². The zero-order chi connectivity index (χ0) is 39.6. The summed E-state index contributed by atoms with van der Waals surface area (Å²) in [4.78, 5) is 30.8. The van der Waals surface area contributed by atoms with Gasteiger partial charge in [0.25, 0.3) is 0 Å². The van der Waals surface area contributed by atoms with Crippen LogP contribution in [0.1, 0.15) is 167 Å². The normalized spacial score (nSPS) is 11.3. The van der Waals surface area contributed by atoms with E-state index in [9.17, 15) is 9.59 Å². The van der Waals surface area contributed by atoms with Crippen LogP contribution in [0.3, 0.4) is 0 Å². The van der Waals surface area contributed by atoms with Gasteiger partial charge in [0.15, 0.2) is 0 Å². The SMILES string of the molecule is CCCCCCCCN(CCCCCC)CCNC(=O)Nc1cccc(Cc2cccc(NC(=O)NCCN(CCCCCC)CCCCCCCC)c2)c1. The first-order valence-electron chi connectivity index (χ1n) is 22.7. The van der Waals surface area contributed by atoms with E-state index in [0.29, 0.717) is 19.5 Å². The van der Waals surface area contributed by atoms with E-state index in [1.54, 1.807) is 0 Å². The van der Waals surface area contributed by atoms with Crippen LogP contribution in [0.25, 0.3) is 0 Å². The average molecular weight is 763 g/mol. The lowest BCUT2D eigenvalue weighted by molar-refractivity contribution is 0.241. The highest BCUT2D eigenvalue weighted by atomic mass is 16.2. The minimum Gasteiger partial charge on any atom is -0.337 e. The Balaban J connectivity index is 1.79. The molecule has 0 unspecified atom stereocenters. The van der Waals surface area contributed by atoms with E-state index in [4.69, 9.17) is 0 Å². The van der Waals surface area contributed by atoms with Crippen molar-refractivity contribution in [2.45, 2.75) is 163 Å². The summed E-state index contributed by atoms with van der Waals surface area (Å²) in [6.45, 7) is 16.5. The molecule has 0 bridgehead atoms. The number of unbranched alkanes of at least 4 members (excludes halogenated alkanes) is 16. The summed E-state index contributed by atoms with van der Waals surface area (Å²) in [6.07, 6.45) is 26.5. The van der Waals surface area contributed by atoms with Crippen LogP contribution in [0, 0.1) is 0 Å². The lowest BCUT2D eigenvalue weighted by Gasteiger charge is -2.22. The van der Waals surface area contributed by atoms with Gasteiger partial charge in [0, 0.05) is 37.6 Å². The Morgan fingerprint density at radius 2 is 0.764 bits per heavy atom. The Kier molecular flexibility index (Phi) is 28.9. The topological polar surface area (TPSA) is 88.7 Å². The van der Waals surface area contributed by atoms with E-state index >= 15 is 0 Å². The number of rotatable bonds is 34.